The van der Waals surface area contributed by atoms with Gasteiger partial charge < -0.3 is 9.47 Å². The summed E-state index contributed by atoms with van der Waals surface area (Å²) in [6, 6.07) is 7.89. The molecule has 0 unspecified atom stereocenters. The van der Waals surface area contributed by atoms with Gasteiger partial charge >= 0.3 is 0 Å². The van der Waals surface area contributed by atoms with Crippen molar-refractivity contribution in [2.45, 2.75) is 45.3 Å². The fourth-order valence-corrected chi connectivity index (χ4v) is 3.38. The van der Waals surface area contributed by atoms with Gasteiger partial charge in [0.25, 0.3) is 0 Å². The molecule has 0 aromatic heterocycles. The molecule has 1 saturated heterocycles. The van der Waals surface area contributed by atoms with E-state index < -0.39 is 17.5 Å². The Morgan fingerprint density at radius 2 is 1.67 bits per heavy atom. The number of aryl methyl sites for hydroxylation is 1. The molecule has 0 aliphatic carbocycles. The third-order valence-electron chi connectivity index (χ3n) is 4.89. The number of unbranched alkanes of at least 4 members (excludes halogenated alkanes) is 1. The van der Waals surface area contributed by atoms with Gasteiger partial charge in [0.15, 0.2) is 6.29 Å². The van der Waals surface area contributed by atoms with Crippen molar-refractivity contribution >= 4 is 0 Å². The van der Waals surface area contributed by atoms with Crippen LogP contribution in [0.25, 0.3) is 11.1 Å². The summed E-state index contributed by atoms with van der Waals surface area (Å²) in [5.74, 6) is -1.48. The molecule has 0 N–H and O–H groups in total. The Hall–Kier alpha value is -1.85. The monoisotopic (exact) mass is 378 g/mol. The van der Waals surface area contributed by atoms with Crippen molar-refractivity contribution in [2.24, 2.45) is 5.92 Å². The van der Waals surface area contributed by atoms with Gasteiger partial charge in [-0.3, -0.25) is 0 Å². The smallest absolute Gasteiger partial charge is 0.157 e. The van der Waals surface area contributed by atoms with Crippen LogP contribution in [-0.2, 0) is 15.9 Å². The quantitative estimate of drug-likeness (QED) is 0.599. The number of rotatable bonds is 7. The second-order valence-electron chi connectivity index (χ2n) is 7.09. The molecule has 1 aliphatic heterocycles. The first-order valence-corrected chi connectivity index (χ1v) is 9.54. The molecular weight excluding hydrogens is 353 g/mol. The Morgan fingerprint density at radius 3 is 2.30 bits per heavy atom. The van der Waals surface area contributed by atoms with Crippen LogP contribution in [0.5, 0.6) is 0 Å². The number of ether oxygens (including phenoxy) is 2. The second kappa shape index (κ2) is 9.38. The highest BCUT2D eigenvalue weighted by Crippen LogP contribution is 2.28. The summed E-state index contributed by atoms with van der Waals surface area (Å²) in [6.07, 6.45) is 4.07. The first kappa shape index (κ1) is 19.9. The highest BCUT2D eigenvalue weighted by Gasteiger charge is 2.22. The van der Waals surface area contributed by atoms with E-state index in [1.165, 1.54) is 30.3 Å². The maximum Gasteiger partial charge on any atom is 0.157 e. The van der Waals surface area contributed by atoms with Gasteiger partial charge in [0.2, 0.25) is 0 Å². The van der Waals surface area contributed by atoms with Crippen LogP contribution in [0.3, 0.4) is 0 Å². The summed E-state index contributed by atoms with van der Waals surface area (Å²) in [5.41, 5.74) is 0.515. The lowest BCUT2D eigenvalue weighted by Crippen LogP contribution is -2.32. The molecule has 0 spiro atoms. The minimum atomic E-state index is -0.694. The zero-order valence-corrected chi connectivity index (χ0v) is 15.5. The van der Waals surface area contributed by atoms with Crippen molar-refractivity contribution in [1.29, 1.82) is 0 Å². The van der Waals surface area contributed by atoms with Gasteiger partial charge in [0.05, 0.1) is 18.8 Å². The van der Waals surface area contributed by atoms with Crippen LogP contribution in [0.15, 0.2) is 36.4 Å². The summed E-state index contributed by atoms with van der Waals surface area (Å²) in [6.45, 7) is 3.50. The largest absolute Gasteiger partial charge is 0.352 e. The highest BCUT2D eigenvalue weighted by molar-refractivity contribution is 5.65. The minimum Gasteiger partial charge on any atom is -0.352 e. The molecule has 0 radical (unpaired) electrons. The van der Waals surface area contributed by atoms with Crippen molar-refractivity contribution in [3.05, 3.63) is 59.4 Å². The Labute approximate surface area is 158 Å². The summed E-state index contributed by atoms with van der Waals surface area (Å²) in [5, 5.41) is 0. The van der Waals surface area contributed by atoms with E-state index in [9.17, 15) is 13.2 Å². The van der Waals surface area contributed by atoms with Crippen molar-refractivity contribution in [2.75, 3.05) is 13.2 Å². The third kappa shape index (κ3) is 5.33. The fourth-order valence-electron chi connectivity index (χ4n) is 3.38. The van der Waals surface area contributed by atoms with Crippen LogP contribution in [0.1, 0.15) is 38.2 Å². The first-order valence-electron chi connectivity index (χ1n) is 9.54. The number of halogens is 3. The summed E-state index contributed by atoms with van der Waals surface area (Å²) in [4.78, 5) is 0. The van der Waals surface area contributed by atoms with Gasteiger partial charge in [0, 0.05) is 12.3 Å². The van der Waals surface area contributed by atoms with E-state index in [0.29, 0.717) is 37.5 Å². The normalized spacial score (nSPS) is 20.0. The molecule has 0 amide bonds. The van der Waals surface area contributed by atoms with Gasteiger partial charge in [-0.25, -0.2) is 13.2 Å². The van der Waals surface area contributed by atoms with Crippen molar-refractivity contribution in [3.63, 3.8) is 0 Å². The van der Waals surface area contributed by atoms with Crippen LogP contribution in [0, 0.1) is 23.4 Å². The third-order valence-corrected chi connectivity index (χ3v) is 4.89. The average molecular weight is 378 g/mol. The molecule has 2 nitrogen and oxygen atoms in total. The Morgan fingerprint density at radius 1 is 0.963 bits per heavy atom. The molecule has 27 heavy (non-hydrogen) atoms. The SMILES string of the molecule is CCCCC1COC(CCc2cc(F)c(-c3cccc(F)c3)c(F)c2)OC1. The lowest BCUT2D eigenvalue weighted by molar-refractivity contribution is -0.203. The van der Waals surface area contributed by atoms with Gasteiger partial charge in [-0.1, -0.05) is 31.9 Å². The molecule has 1 fully saturated rings. The Kier molecular flexibility index (Phi) is 6.91. The minimum absolute atomic E-state index is 0.189. The van der Waals surface area contributed by atoms with E-state index in [1.54, 1.807) is 0 Å². The van der Waals surface area contributed by atoms with Crippen molar-refractivity contribution < 1.29 is 22.6 Å². The summed E-state index contributed by atoms with van der Waals surface area (Å²) >= 11 is 0. The fraction of sp³-hybridized carbons (Fsp3) is 0.455. The highest BCUT2D eigenvalue weighted by atomic mass is 19.1. The predicted octanol–water partition coefficient (Wildman–Crippen LogP) is 5.88. The van der Waals surface area contributed by atoms with Crippen LogP contribution >= 0.6 is 0 Å². The molecule has 146 valence electrons. The van der Waals surface area contributed by atoms with Crippen molar-refractivity contribution in [1.82, 2.24) is 0 Å². The predicted molar refractivity (Wildman–Crippen MR) is 98.8 cm³/mol. The molecule has 0 atom stereocenters. The first-order chi connectivity index (χ1) is 13.1. The molecule has 0 saturated carbocycles. The summed E-state index contributed by atoms with van der Waals surface area (Å²) < 4.78 is 53.7. The van der Waals surface area contributed by atoms with Gasteiger partial charge in [0.1, 0.15) is 17.5 Å². The molecule has 2 aromatic rings. The van der Waals surface area contributed by atoms with Crippen LogP contribution in [-0.4, -0.2) is 19.5 Å². The zero-order chi connectivity index (χ0) is 19.2. The molecule has 2 aromatic carbocycles. The number of hydrogen-bond acceptors (Lipinski definition) is 2. The molecular formula is C22H25F3O2. The maximum absolute atomic E-state index is 14.4. The molecule has 1 heterocycles. The van der Waals surface area contributed by atoms with Crippen LogP contribution < -0.4 is 0 Å². The second-order valence-corrected chi connectivity index (χ2v) is 7.09. The van der Waals surface area contributed by atoms with E-state index in [4.69, 9.17) is 9.47 Å². The van der Waals surface area contributed by atoms with E-state index >= 15 is 0 Å². The molecule has 1 aliphatic rings. The average Bonchev–Trinajstić information content (AvgIpc) is 2.65. The Bertz CT molecular complexity index is 732. The van der Waals surface area contributed by atoms with E-state index in [-0.39, 0.29) is 17.4 Å². The summed E-state index contributed by atoms with van der Waals surface area (Å²) in [7, 11) is 0. The number of hydrogen-bond donors (Lipinski definition) is 0. The lowest BCUT2D eigenvalue weighted by atomic mass is 10.00. The van der Waals surface area contributed by atoms with Crippen LogP contribution in [0.2, 0.25) is 0 Å². The maximum atomic E-state index is 14.4. The van der Waals surface area contributed by atoms with E-state index in [1.807, 2.05) is 0 Å². The topological polar surface area (TPSA) is 18.5 Å². The van der Waals surface area contributed by atoms with Crippen molar-refractivity contribution in [3.8, 4) is 11.1 Å². The molecule has 5 heteroatoms. The van der Waals surface area contributed by atoms with E-state index in [2.05, 4.69) is 6.92 Å². The number of benzene rings is 2. The molecule has 3 rings (SSSR count). The molecule has 0 bridgehead atoms. The standard InChI is InChI=1S/C22H25F3O2/c1-2-3-5-16-13-26-21(27-14-16)9-8-15-10-19(24)22(20(25)11-15)17-6-4-7-18(23)12-17/h4,6-7,10-12,16,21H,2-3,5,8-9,13-14H2,1H3. The van der Waals surface area contributed by atoms with Gasteiger partial charge in [-0.15, -0.1) is 0 Å². The van der Waals surface area contributed by atoms with Crippen LogP contribution in [0.4, 0.5) is 13.2 Å². The lowest BCUT2D eigenvalue weighted by Gasteiger charge is -2.29. The van der Waals surface area contributed by atoms with Gasteiger partial charge in [-0.05, 0) is 48.2 Å². The Balaban J connectivity index is 1.59. The van der Waals surface area contributed by atoms with Gasteiger partial charge in [-0.2, -0.15) is 0 Å². The van der Waals surface area contributed by atoms with E-state index in [0.717, 1.165) is 25.3 Å². The zero-order valence-electron chi connectivity index (χ0n) is 15.5.